The minimum atomic E-state index is -0.484. The number of para-hydroxylation sites is 1. The van der Waals surface area contributed by atoms with Gasteiger partial charge >= 0.3 is 0 Å². The van der Waals surface area contributed by atoms with E-state index < -0.39 is 5.54 Å². The molecule has 1 aliphatic heterocycles. The number of hydrogen-bond donors (Lipinski definition) is 1. The van der Waals surface area contributed by atoms with Crippen molar-refractivity contribution in [3.05, 3.63) is 65.7 Å². The molecule has 0 radical (unpaired) electrons. The molecule has 3 nitrogen and oxygen atoms in total. The number of carbonyl (C=O) groups is 2. The number of hydrogen-bond acceptors (Lipinski definition) is 3. The number of ketones is 2. The molecule has 0 aliphatic carbocycles. The first-order valence-electron chi connectivity index (χ1n) is 8.39. The summed E-state index contributed by atoms with van der Waals surface area (Å²) >= 11 is 0. The molecule has 0 aromatic heterocycles. The number of fused-ring (bicyclic) bond motifs is 1. The van der Waals surface area contributed by atoms with E-state index in [1.54, 1.807) is 6.92 Å². The van der Waals surface area contributed by atoms with Crippen molar-refractivity contribution in [3.8, 4) is 0 Å². The van der Waals surface area contributed by atoms with Crippen LogP contribution in [0.4, 0.5) is 5.69 Å². The SMILES string of the molecule is CC(=O)CC(C)C1(C)Nc2ccccc2C1C(=O)c1ccccc1. The second-order valence-electron chi connectivity index (χ2n) is 6.97. The Labute approximate surface area is 143 Å². The maximum atomic E-state index is 13.3. The van der Waals surface area contributed by atoms with Crippen LogP contribution < -0.4 is 5.32 Å². The average molecular weight is 321 g/mol. The monoisotopic (exact) mass is 321 g/mol. The molecule has 0 saturated carbocycles. The van der Waals surface area contributed by atoms with Crippen molar-refractivity contribution in [3.63, 3.8) is 0 Å². The van der Waals surface area contributed by atoms with Gasteiger partial charge in [-0.25, -0.2) is 0 Å². The Morgan fingerprint density at radius 3 is 2.38 bits per heavy atom. The van der Waals surface area contributed by atoms with Crippen LogP contribution in [-0.4, -0.2) is 17.1 Å². The Morgan fingerprint density at radius 2 is 1.71 bits per heavy atom. The lowest BCUT2D eigenvalue weighted by Crippen LogP contribution is -2.46. The van der Waals surface area contributed by atoms with E-state index in [1.165, 1.54) is 0 Å². The summed E-state index contributed by atoms with van der Waals surface area (Å²) in [5.41, 5.74) is 2.23. The van der Waals surface area contributed by atoms with Crippen molar-refractivity contribution < 1.29 is 9.59 Å². The van der Waals surface area contributed by atoms with Crippen LogP contribution in [0.15, 0.2) is 54.6 Å². The van der Waals surface area contributed by atoms with E-state index >= 15 is 0 Å². The zero-order valence-corrected chi connectivity index (χ0v) is 14.4. The number of anilines is 1. The number of carbonyl (C=O) groups excluding carboxylic acids is 2. The van der Waals surface area contributed by atoms with Crippen LogP contribution >= 0.6 is 0 Å². The fraction of sp³-hybridized carbons (Fsp3) is 0.333. The van der Waals surface area contributed by atoms with E-state index in [9.17, 15) is 9.59 Å². The number of nitrogens with one attached hydrogen (secondary N) is 1. The number of Topliss-reactive ketones (excluding diaryl/α,β-unsaturated/α-hetero) is 2. The molecular formula is C21H23NO2. The van der Waals surface area contributed by atoms with Gasteiger partial charge in [0.2, 0.25) is 0 Å². The van der Waals surface area contributed by atoms with Gasteiger partial charge in [-0.3, -0.25) is 4.79 Å². The van der Waals surface area contributed by atoms with Gasteiger partial charge in [-0.2, -0.15) is 0 Å². The summed E-state index contributed by atoms with van der Waals surface area (Å²) in [5, 5.41) is 3.54. The first-order valence-corrected chi connectivity index (χ1v) is 8.39. The lowest BCUT2D eigenvalue weighted by atomic mass is 9.71. The predicted octanol–water partition coefficient (Wildman–Crippen LogP) is 4.45. The van der Waals surface area contributed by atoms with Crippen molar-refractivity contribution in [1.82, 2.24) is 0 Å². The maximum Gasteiger partial charge on any atom is 0.172 e. The Kier molecular flexibility index (Phi) is 4.27. The van der Waals surface area contributed by atoms with Crippen LogP contribution in [0.3, 0.4) is 0 Å². The molecule has 3 rings (SSSR count). The van der Waals surface area contributed by atoms with Gasteiger partial charge in [-0.05, 0) is 31.4 Å². The van der Waals surface area contributed by atoms with Crippen LogP contribution in [0.2, 0.25) is 0 Å². The second kappa shape index (κ2) is 6.23. The first-order chi connectivity index (χ1) is 11.4. The molecule has 0 bridgehead atoms. The Hall–Kier alpha value is -2.42. The summed E-state index contributed by atoms with van der Waals surface area (Å²) in [6.45, 7) is 5.72. The Balaban J connectivity index is 2.06. The largest absolute Gasteiger partial charge is 0.378 e. The number of rotatable bonds is 5. The van der Waals surface area contributed by atoms with Crippen LogP contribution in [0, 0.1) is 5.92 Å². The van der Waals surface area contributed by atoms with Crippen molar-refractivity contribution in [1.29, 1.82) is 0 Å². The van der Waals surface area contributed by atoms with E-state index in [1.807, 2.05) is 61.5 Å². The molecule has 124 valence electrons. The molecule has 1 heterocycles. The summed E-state index contributed by atoms with van der Waals surface area (Å²) in [6, 6.07) is 17.4. The molecule has 2 aromatic carbocycles. The van der Waals surface area contributed by atoms with E-state index in [-0.39, 0.29) is 23.4 Å². The zero-order chi connectivity index (χ0) is 17.3. The molecule has 3 unspecified atom stereocenters. The van der Waals surface area contributed by atoms with Gasteiger partial charge in [0.05, 0.1) is 11.5 Å². The van der Waals surface area contributed by atoms with Crippen LogP contribution in [0.5, 0.6) is 0 Å². The van der Waals surface area contributed by atoms with Crippen molar-refractivity contribution in [2.45, 2.75) is 38.6 Å². The third-order valence-electron chi connectivity index (χ3n) is 5.21. The third kappa shape index (κ3) is 2.75. The van der Waals surface area contributed by atoms with Crippen LogP contribution in [-0.2, 0) is 4.79 Å². The number of benzene rings is 2. The van der Waals surface area contributed by atoms with E-state index in [0.29, 0.717) is 12.0 Å². The summed E-state index contributed by atoms with van der Waals surface area (Å²) in [4.78, 5) is 25.0. The molecule has 3 atom stereocenters. The van der Waals surface area contributed by atoms with Gasteiger partial charge in [0.15, 0.2) is 5.78 Å². The van der Waals surface area contributed by atoms with Gasteiger partial charge in [0.25, 0.3) is 0 Å². The van der Waals surface area contributed by atoms with Crippen molar-refractivity contribution >= 4 is 17.3 Å². The molecule has 2 aromatic rings. The molecule has 0 spiro atoms. The standard InChI is InChI=1S/C21H23NO2/c1-14(13-15(2)23)21(3)19(17-11-7-8-12-18(17)22-21)20(24)16-9-5-4-6-10-16/h4-12,14,19,22H,13H2,1-3H3. The molecule has 0 saturated heterocycles. The van der Waals surface area contributed by atoms with Gasteiger partial charge < -0.3 is 10.1 Å². The minimum Gasteiger partial charge on any atom is -0.378 e. The second-order valence-corrected chi connectivity index (χ2v) is 6.97. The minimum absolute atomic E-state index is 0.0417. The molecule has 24 heavy (non-hydrogen) atoms. The molecule has 1 N–H and O–H groups in total. The lowest BCUT2D eigenvalue weighted by Gasteiger charge is -2.37. The van der Waals surface area contributed by atoms with Gasteiger partial charge in [-0.1, -0.05) is 55.5 Å². The fourth-order valence-electron chi connectivity index (χ4n) is 3.78. The molecule has 1 aliphatic rings. The van der Waals surface area contributed by atoms with E-state index in [4.69, 9.17) is 0 Å². The van der Waals surface area contributed by atoms with E-state index in [0.717, 1.165) is 11.3 Å². The van der Waals surface area contributed by atoms with Gasteiger partial charge in [0.1, 0.15) is 5.78 Å². The van der Waals surface area contributed by atoms with Crippen molar-refractivity contribution in [2.24, 2.45) is 5.92 Å². The smallest absolute Gasteiger partial charge is 0.172 e. The van der Waals surface area contributed by atoms with Gasteiger partial charge in [-0.15, -0.1) is 0 Å². The summed E-state index contributed by atoms with van der Waals surface area (Å²) in [5.74, 6) is -0.0103. The maximum absolute atomic E-state index is 13.3. The van der Waals surface area contributed by atoms with Crippen LogP contribution in [0.1, 0.15) is 49.0 Å². The topological polar surface area (TPSA) is 46.2 Å². The first kappa shape index (κ1) is 16.4. The lowest BCUT2D eigenvalue weighted by molar-refractivity contribution is -0.118. The molecular weight excluding hydrogens is 298 g/mol. The van der Waals surface area contributed by atoms with Crippen LogP contribution in [0.25, 0.3) is 0 Å². The summed E-state index contributed by atoms with van der Waals surface area (Å²) < 4.78 is 0. The highest BCUT2D eigenvalue weighted by molar-refractivity contribution is 6.04. The average Bonchev–Trinajstić information content (AvgIpc) is 2.87. The Morgan fingerprint density at radius 1 is 1.08 bits per heavy atom. The Bertz CT molecular complexity index is 768. The highest BCUT2D eigenvalue weighted by atomic mass is 16.1. The molecule has 3 heteroatoms. The molecule has 0 amide bonds. The zero-order valence-electron chi connectivity index (χ0n) is 14.4. The van der Waals surface area contributed by atoms with E-state index in [2.05, 4.69) is 12.2 Å². The van der Waals surface area contributed by atoms with Crippen molar-refractivity contribution in [2.75, 3.05) is 5.32 Å². The molecule has 0 fully saturated rings. The quantitative estimate of drug-likeness (QED) is 0.827. The van der Waals surface area contributed by atoms with Gasteiger partial charge in [0, 0.05) is 17.7 Å². The fourth-order valence-corrected chi connectivity index (χ4v) is 3.78. The summed E-state index contributed by atoms with van der Waals surface area (Å²) in [6.07, 6.45) is 0.454. The summed E-state index contributed by atoms with van der Waals surface area (Å²) in [7, 11) is 0. The normalized spacial score (nSPS) is 23.2. The highest BCUT2D eigenvalue weighted by Gasteiger charge is 2.49. The predicted molar refractivity (Wildman–Crippen MR) is 96.4 cm³/mol. The highest BCUT2D eigenvalue weighted by Crippen LogP contribution is 2.48. The third-order valence-corrected chi connectivity index (χ3v) is 5.21.